The molecule has 4 rings (SSSR count). The third kappa shape index (κ3) is 28.3. The standard InChI is InChI=1S/C65H106N10O9/c1-51-24-21-25-58(72-51)74(64(82)55-30-29-54(83-5)47-56(55)73-41-32-52(33-42-73)49-84-62-46-53(31-37-71-62)57(76)48-63(80)81)50-65(2,3)34-20-18-16-14-12-10-8-6-7-9-11-13-15-17-19-26-59(77)70-40-45-75(4,43-22-27-60(78)68-38-35-66)44-23-28-61(79)69-39-36-67/h21,24-25,29-31,37,46-47,52,57,76H,6-20,22-23,26-28,32-36,38-45,48-50,66-67H2,1-5H3,(H3-,68,69,70,77,78,79,80,81)/p+1/t57-/m1/s1. The smallest absolute Gasteiger partial charge is 0.306 e. The quantitative estimate of drug-likeness (QED) is 0.0206. The van der Waals surface area contributed by atoms with E-state index < -0.39 is 18.5 Å². The van der Waals surface area contributed by atoms with Gasteiger partial charge in [0.2, 0.25) is 23.6 Å². The average molecular weight is 1170 g/mol. The van der Waals surface area contributed by atoms with Gasteiger partial charge in [0.25, 0.3) is 5.91 Å². The Morgan fingerprint density at radius 1 is 0.738 bits per heavy atom. The minimum absolute atomic E-state index is 0.00106. The summed E-state index contributed by atoms with van der Waals surface area (Å²) in [6.45, 7) is 13.5. The fraction of sp³-hybridized carbons (Fsp3) is 0.677. The van der Waals surface area contributed by atoms with E-state index in [1.54, 1.807) is 19.2 Å². The summed E-state index contributed by atoms with van der Waals surface area (Å²) < 4.78 is 12.4. The van der Waals surface area contributed by atoms with E-state index in [9.17, 15) is 29.1 Å². The number of hydrogen-bond acceptors (Lipinski definition) is 13. The number of carboxylic acid groups (broad SMARTS) is 1. The Kier molecular flexibility index (Phi) is 33.3. The number of quaternary nitrogens is 1. The number of carbonyl (C=O) groups is 5. The molecule has 0 saturated carbocycles. The van der Waals surface area contributed by atoms with Crippen molar-refractivity contribution in [2.45, 2.75) is 181 Å². The Morgan fingerprint density at radius 3 is 1.83 bits per heavy atom. The third-order valence-corrected chi connectivity index (χ3v) is 16.2. The molecule has 0 radical (unpaired) electrons. The van der Waals surface area contributed by atoms with Crippen LogP contribution in [0.15, 0.2) is 54.7 Å². The molecule has 1 fully saturated rings. The van der Waals surface area contributed by atoms with E-state index in [4.69, 9.17) is 31.0 Å². The van der Waals surface area contributed by atoms with E-state index in [1.165, 1.54) is 76.8 Å². The molecule has 2 aromatic heterocycles. The summed E-state index contributed by atoms with van der Waals surface area (Å²) in [5.74, 6) is 0.835. The number of anilines is 2. The van der Waals surface area contributed by atoms with Crippen LogP contribution in [0.3, 0.4) is 0 Å². The number of likely N-dealkylation sites (N-methyl/N-ethyl adjacent to an activating group) is 1. The number of unbranched alkanes of at least 4 members (excludes halogenated alkanes) is 14. The highest BCUT2D eigenvalue weighted by atomic mass is 16.5. The van der Waals surface area contributed by atoms with Crippen molar-refractivity contribution >= 4 is 41.1 Å². The van der Waals surface area contributed by atoms with Crippen molar-refractivity contribution in [3.05, 3.63) is 71.5 Å². The summed E-state index contributed by atoms with van der Waals surface area (Å²) in [5.41, 5.74) is 13.6. The number of nitrogens with one attached hydrogen (secondary N) is 3. The van der Waals surface area contributed by atoms with Gasteiger partial charge >= 0.3 is 5.97 Å². The highest BCUT2D eigenvalue weighted by Gasteiger charge is 2.32. The fourth-order valence-electron chi connectivity index (χ4n) is 11.1. The first-order valence-electron chi connectivity index (χ1n) is 31.7. The molecule has 3 heterocycles. The van der Waals surface area contributed by atoms with Crippen LogP contribution in [0.1, 0.15) is 196 Å². The van der Waals surface area contributed by atoms with E-state index >= 15 is 0 Å². The lowest BCUT2D eigenvalue weighted by atomic mass is 9.85. The van der Waals surface area contributed by atoms with Crippen LogP contribution >= 0.6 is 0 Å². The third-order valence-electron chi connectivity index (χ3n) is 16.2. The maximum Gasteiger partial charge on any atom is 0.306 e. The van der Waals surface area contributed by atoms with Crippen LogP contribution in [0.2, 0.25) is 0 Å². The van der Waals surface area contributed by atoms with Gasteiger partial charge in [0, 0.05) is 102 Å². The highest BCUT2D eigenvalue weighted by molar-refractivity contribution is 6.09. The molecule has 4 amide bonds. The van der Waals surface area contributed by atoms with Crippen LogP contribution in [-0.2, 0) is 19.2 Å². The molecule has 1 aromatic carbocycles. The number of rotatable bonds is 45. The number of aliphatic hydroxyl groups excluding tert-OH is 1. The first kappa shape index (κ1) is 70.6. The van der Waals surface area contributed by atoms with Crippen LogP contribution in [0.25, 0.3) is 0 Å². The Morgan fingerprint density at radius 2 is 1.29 bits per heavy atom. The Labute approximate surface area is 502 Å². The second-order valence-electron chi connectivity index (χ2n) is 24.3. The van der Waals surface area contributed by atoms with E-state index in [0.717, 1.165) is 88.8 Å². The number of methoxy groups -OCH3 is 1. The number of carboxylic acids is 1. The van der Waals surface area contributed by atoms with Crippen molar-refractivity contribution in [2.75, 3.05) is 103 Å². The number of ether oxygens (including phenoxy) is 2. The van der Waals surface area contributed by atoms with Gasteiger partial charge in [-0.15, -0.1) is 0 Å². The first-order chi connectivity index (χ1) is 40.4. The van der Waals surface area contributed by atoms with Gasteiger partial charge in [-0.2, -0.15) is 0 Å². The molecule has 0 bridgehead atoms. The topological polar surface area (TPSA) is 265 Å². The first-order valence-corrected chi connectivity index (χ1v) is 31.7. The van der Waals surface area contributed by atoms with Crippen LogP contribution < -0.4 is 46.7 Å². The molecule has 19 heteroatoms. The summed E-state index contributed by atoms with van der Waals surface area (Å²) >= 11 is 0. The number of nitrogens with zero attached hydrogens (tertiary/aromatic N) is 5. The maximum atomic E-state index is 14.9. The number of nitrogens with two attached hydrogens (primary N) is 2. The minimum Gasteiger partial charge on any atom is -0.497 e. The predicted octanol–water partition coefficient (Wildman–Crippen LogP) is 9.17. The highest BCUT2D eigenvalue weighted by Crippen LogP contribution is 2.35. The SMILES string of the molecule is COc1ccc(C(=O)N(CC(C)(C)CCCCCCCCCCCCCCCCCC(=O)NCC[N+](C)(CCCC(=O)NCCN)CCCC(=O)NCCN)c2cccc(C)n2)c(N2CCC(COc3cc([C@H](O)CC(=O)O)ccn3)CC2)c1. The number of aryl methyl sites for hydroxylation is 1. The predicted molar refractivity (Wildman–Crippen MR) is 334 cm³/mol. The molecule has 470 valence electrons. The van der Waals surface area contributed by atoms with Gasteiger partial charge in [-0.3, -0.25) is 28.9 Å². The van der Waals surface area contributed by atoms with E-state index in [0.29, 0.717) is 111 Å². The summed E-state index contributed by atoms with van der Waals surface area (Å²) in [7, 11) is 3.78. The number of hydrogen-bond donors (Lipinski definition) is 7. The molecule has 3 aromatic rings. The number of pyridine rings is 2. The lowest BCUT2D eigenvalue weighted by Gasteiger charge is -2.36. The van der Waals surface area contributed by atoms with Crippen molar-refractivity contribution in [3.63, 3.8) is 0 Å². The molecule has 0 spiro atoms. The summed E-state index contributed by atoms with van der Waals surface area (Å²) in [6.07, 6.45) is 23.5. The van der Waals surface area contributed by atoms with Crippen molar-refractivity contribution in [3.8, 4) is 11.6 Å². The van der Waals surface area contributed by atoms with Crippen LogP contribution in [0.4, 0.5) is 11.5 Å². The van der Waals surface area contributed by atoms with Crippen molar-refractivity contribution in [2.24, 2.45) is 22.8 Å². The van der Waals surface area contributed by atoms with Gasteiger partial charge in [0.1, 0.15) is 11.6 Å². The van der Waals surface area contributed by atoms with Gasteiger partial charge in [-0.05, 0) is 79.8 Å². The molecule has 9 N–H and O–H groups in total. The van der Waals surface area contributed by atoms with E-state index in [2.05, 4.69) is 46.7 Å². The van der Waals surface area contributed by atoms with Crippen molar-refractivity contribution < 1.29 is 48.1 Å². The maximum absolute atomic E-state index is 14.9. The number of aromatic nitrogens is 2. The zero-order valence-corrected chi connectivity index (χ0v) is 51.9. The second-order valence-corrected chi connectivity index (χ2v) is 24.3. The largest absolute Gasteiger partial charge is 0.497 e. The zero-order chi connectivity index (χ0) is 61.0. The van der Waals surface area contributed by atoms with Crippen LogP contribution in [0, 0.1) is 18.3 Å². The molecule has 1 aliphatic rings. The summed E-state index contributed by atoms with van der Waals surface area (Å²) in [6, 6.07) is 14.7. The monoisotopic (exact) mass is 1170 g/mol. The molecular weight excluding hydrogens is 1060 g/mol. The Bertz CT molecular complexity index is 2370. The summed E-state index contributed by atoms with van der Waals surface area (Å²) in [5, 5.41) is 28.2. The molecule has 1 atom stereocenters. The molecule has 1 aliphatic heterocycles. The molecule has 0 unspecified atom stereocenters. The van der Waals surface area contributed by atoms with Crippen molar-refractivity contribution in [1.29, 1.82) is 0 Å². The normalized spacial score (nSPS) is 13.3. The number of piperidine rings is 1. The average Bonchev–Trinajstić information content (AvgIpc) is 2.20. The lowest BCUT2D eigenvalue weighted by molar-refractivity contribution is -0.908. The van der Waals surface area contributed by atoms with Gasteiger partial charge in [-0.1, -0.05) is 110 Å². The zero-order valence-electron chi connectivity index (χ0n) is 51.9. The van der Waals surface area contributed by atoms with Gasteiger partial charge < -0.3 is 56.5 Å². The Hall–Kier alpha value is -5.89. The molecule has 19 nitrogen and oxygen atoms in total. The van der Waals surface area contributed by atoms with Gasteiger partial charge in [-0.25, -0.2) is 9.97 Å². The van der Waals surface area contributed by atoms with Crippen LogP contribution in [0.5, 0.6) is 11.6 Å². The molecule has 0 aliphatic carbocycles. The van der Waals surface area contributed by atoms with E-state index in [1.807, 2.05) is 48.2 Å². The fourth-order valence-corrected chi connectivity index (χ4v) is 11.1. The summed E-state index contributed by atoms with van der Waals surface area (Å²) in [4.78, 5) is 76.3. The lowest BCUT2D eigenvalue weighted by Crippen LogP contribution is -2.50. The van der Waals surface area contributed by atoms with Crippen LogP contribution in [-0.4, -0.2) is 147 Å². The van der Waals surface area contributed by atoms with Crippen molar-refractivity contribution in [1.82, 2.24) is 25.9 Å². The van der Waals surface area contributed by atoms with Gasteiger partial charge in [0.05, 0.1) is 70.7 Å². The Balaban J connectivity index is 1.09. The minimum atomic E-state index is -1.14. The molecular formula is C65H107N10O9+. The number of amides is 4. The van der Waals surface area contributed by atoms with E-state index in [-0.39, 0.29) is 35.0 Å². The number of carbonyl (C=O) groups excluding carboxylic acids is 4. The number of aliphatic carboxylic acids is 1. The van der Waals surface area contributed by atoms with Gasteiger partial charge in [0.15, 0.2) is 0 Å². The number of benzene rings is 1. The second kappa shape index (κ2) is 39.7. The molecule has 84 heavy (non-hydrogen) atoms. The molecule has 1 saturated heterocycles. The number of aliphatic hydroxyl groups is 1.